The van der Waals surface area contributed by atoms with Crippen molar-refractivity contribution in [2.45, 2.75) is 4.90 Å². The Morgan fingerprint density at radius 2 is 1.69 bits per heavy atom. The van der Waals surface area contributed by atoms with E-state index in [0.29, 0.717) is 11.3 Å². The number of nitrogens with one attached hydrogen (secondary N) is 1. The molecular formula is C18H20N4O3S. The molecule has 0 atom stereocenters. The van der Waals surface area contributed by atoms with Crippen LogP contribution in [0.5, 0.6) is 0 Å². The van der Waals surface area contributed by atoms with Crippen LogP contribution in [0, 0.1) is 0 Å². The lowest BCUT2D eigenvalue weighted by atomic mass is 10.2. The molecule has 1 aliphatic heterocycles. The maximum atomic E-state index is 12.3. The Kier molecular flexibility index (Phi) is 4.69. The highest BCUT2D eigenvalue weighted by molar-refractivity contribution is 7.90. The second-order valence-electron chi connectivity index (χ2n) is 6.23. The molecule has 0 aliphatic carbocycles. The summed E-state index contributed by atoms with van der Waals surface area (Å²) in [6.07, 6.45) is 0. The number of hydrogen-bond acceptors (Lipinski definition) is 5. The molecule has 0 saturated heterocycles. The van der Waals surface area contributed by atoms with Crippen molar-refractivity contribution in [3.8, 4) is 0 Å². The third kappa shape index (κ3) is 3.55. The van der Waals surface area contributed by atoms with Gasteiger partial charge in [0.1, 0.15) is 4.90 Å². The van der Waals surface area contributed by atoms with Crippen molar-refractivity contribution < 1.29 is 13.2 Å². The van der Waals surface area contributed by atoms with Crippen LogP contribution in [0.15, 0.2) is 57.8 Å². The van der Waals surface area contributed by atoms with E-state index in [4.69, 9.17) is 0 Å². The molecular weight excluding hydrogens is 352 g/mol. The molecule has 0 spiro atoms. The third-order valence-corrected chi connectivity index (χ3v) is 5.35. The number of rotatable bonds is 4. The van der Waals surface area contributed by atoms with Crippen LogP contribution in [-0.4, -0.2) is 52.7 Å². The van der Waals surface area contributed by atoms with E-state index in [1.807, 2.05) is 43.3 Å². The molecule has 0 aromatic heterocycles. The van der Waals surface area contributed by atoms with E-state index in [1.54, 1.807) is 25.2 Å². The van der Waals surface area contributed by atoms with Crippen molar-refractivity contribution in [2.24, 2.45) is 4.40 Å². The summed E-state index contributed by atoms with van der Waals surface area (Å²) in [4.78, 5) is 16.0. The van der Waals surface area contributed by atoms with Crippen LogP contribution >= 0.6 is 0 Å². The lowest BCUT2D eigenvalue weighted by Crippen LogP contribution is -2.34. The minimum Gasteiger partial charge on any atom is -0.378 e. The van der Waals surface area contributed by atoms with E-state index in [0.717, 1.165) is 5.69 Å². The lowest BCUT2D eigenvalue weighted by Gasteiger charge is -2.19. The molecule has 0 bridgehead atoms. The maximum Gasteiger partial charge on any atom is 0.285 e. The first-order chi connectivity index (χ1) is 12.3. The number of amides is 1. The van der Waals surface area contributed by atoms with Gasteiger partial charge in [0, 0.05) is 38.1 Å². The highest BCUT2D eigenvalue weighted by Gasteiger charge is 2.30. The SMILES string of the molecule is CN(CC(=O)Nc1ccc(N(C)C)cc1)C1=NS(=O)(=O)c2ccccc21. The predicted octanol–water partition coefficient (Wildman–Crippen LogP) is 1.77. The molecule has 8 heteroatoms. The first-order valence-corrected chi connectivity index (χ1v) is 9.45. The van der Waals surface area contributed by atoms with Gasteiger partial charge in [-0.2, -0.15) is 8.42 Å². The van der Waals surface area contributed by atoms with E-state index >= 15 is 0 Å². The van der Waals surface area contributed by atoms with E-state index in [9.17, 15) is 13.2 Å². The minimum absolute atomic E-state index is 0.0158. The van der Waals surface area contributed by atoms with Crippen LogP contribution in [0.2, 0.25) is 0 Å². The summed E-state index contributed by atoms with van der Waals surface area (Å²) >= 11 is 0. The standard InChI is InChI=1S/C18H20N4O3S/c1-21(2)14-10-8-13(9-11-14)19-17(23)12-22(3)18-15-6-4-5-7-16(15)26(24,25)20-18/h4-11H,12H2,1-3H3,(H,19,23). The number of sulfonamides is 1. The van der Waals surface area contributed by atoms with Crippen LogP contribution < -0.4 is 10.2 Å². The molecule has 26 heavy (non-hydrogen) atoms. The highest BCUT2D eigenvalue weighted by Crippen LogP contribution is 2.26. The molecule has 136 valence electrons. The predicted molar refractivity (Wildman–Crippen MR) is 102 cm³/mol. The fourth-order valence-corrected chi connectivity index (χ4v) is 3.95. The Labute approximate surface area is 153 Å². The monoisotopic (exact) mass is 372 g/mol. The van der Waals surface area contributed by atoms with E-state index in [1.165, 1.54) is 11.0 Å². The summed E-state index contributed by atoms with van der Waals surface area (Å²) in [5.41, 5.74) is 2.22. The van der Waals surface area contributed by atoms with Crippen molar-refractivity contribution in [1.82, 2.24) is 4.90 Å². The van der Waals surface area contributed by atoms with Gasteiger partial charge in [0.2, 0.25) is 5.91 Å². The normalized spacial score (nSPS) is 14.3. The zero-order valence-electron chi connectivity index (χ0n) is 14.8. The van der Waals surface area contributed by atoms with Crippen LogP contribution in [0.25, 0.3) is 0 Å². The number of benzene rings is 2. The minimum atomic E-state index is -3.70. The Hall–Kier alpha value is -2.87. The summed E-state index contributed by atoms with van der Waals surface area (Å²) in [7, 11) is 1.83. The molecule has 1 aliphatic rings. The molecule has 0 unspecified atom stereocenters. The van der Waals surface area contributed by atoms with Gasteiger partial charge in [-0.15, -0.1) is 4.40 Å². The van der Waals surface area contributed by atoms with E-state index in [-0.39, 0.29) is 23.2 Å². The fraction of sp³-hybridized carbons (Fsp3) is 0.222. The van der Waals surface area contributed by atoms with Crippen LogP contribution in [-0.2, 0) is 14.8 Å². The van der Waals surface area contributed by atoms with E-state index in [2.05, 4.69) is 9.71 Å². The Balaban J connectivity index is 1.70. The maximum absolute atomic E-state index is 12.3. The molecule has 2 aromatic carbocycles. The molecule has 7 nitrogen and oxygen atoms in total. The van der Waals surface area contributed by atoms with Gasteiger partial charge in [-0.25, -0.2) is 0 Å². The molecule has 0 saturated carbocycles. The van der Waals surface area contributed by atoms with Gasteiger partial charge >= 0.3 is 0 Å². The highest BCUT2D eigenvalue weighted by atomic mass is 32.2. The van der Waals surface area contributed by atoms with Crippen molar-refractivity contribution >= 4 is 33.1 Å². The van der Waals surface area contributed by atoms with Crippen LogP contribution in [0.3, 0.4) is 0 Å². The summed E-state index contributed by atoms with van der Waals surface area (Å²) in [5, 5.41) is 2.80. The van der Waals surface area contributed by atoms with Gasteiger partial charge in [-0.3, -0.25) is 4.79 Å². The van der Waals surface area contributed by atoms with Gasteiger partial charge in [-0.1, -0.05) is 12.1 Å². The Morgan fingerprint density at radius 3 is 2.35 bits per heavy atom. The van der Waals surface area contributed by atoms with Crippen LogP contribution in [0.1, 0.15) is 5.56 Å². The first-order valence-electron chi connectivity index (χ1n) is 8.01. The van der Waals surface area contributed by atoms with Crippen molar-refractivity contribution in [3.63, 3.8) is 0 Å². The van der Waals surface area contributed by atoms with Gasteiger partial charge in [0.25, 0.3) is 10.0 Å². The Bertz CT molecular complexity index is 966. The average molecular weight is 372 g/mol. The lowest BCUT2D eigenvalue weighted by molar-refractivity contribution is -0.116. The zero-order chi connectivity index (χ0) is 18.9. The summed E-state index contributed by atoms with van der Waals surface area (Å²) in [6, 6.07) is 14.1. The quantitative estimate of drug-likeness (QED) is 0.885. The topological polar surface area (TPSA) is 82.1 Å². The molecule has 3 rings (SSSR count). The number of nitrogens with zero attached hydrogens (tertiary/aromatic N) is 3. The third-order valence-electron chi connectivity index (χ3n) is 4.02. The number of likely N-dealkylation sites (N-methyl/N-ethyl adjacent to an activating group) is 1. The molecule has 0 fully saturated rings. The second kappa shape index (κ2) is 6.80. The smallest absolute Gasteiger partial charge is 0.285 e. The van der Waals surface area contributed by atoms with Gasteiger partial charge in [0.05, 0.1) is 6.54 Å². The first kappa shape index (κ1) is 17.9. The summed E-state index contributed by atoms with van der Waals surface area (Å²) in [6.45, 7) is -0.0158. The largest absolute Gasteiger partial charge is 0.378 e. The summed E-state index contributed by atoms with van der Waals surface area (Å²) < 4.78 is 28.0. The number of carbonyl (C=O) groups is 1. The molecule has 0 radical (unpaired) electrons. The number of amidine groups is 1. The summed E-state index contributed by atoms with van der Waals surface area (Å²) in [5.74, 6) is 0.0216. The van der Waals surface area contributed by atoms with Crippen molar-refractivity contribution in [3.05, 3.63) is 54.1 Å². The number of hydrogen-bond donors (Lipinski definition) is 1. The molecule has 2 aromatic rings. The van der Waals surface area contributed by atoms with E-state index < -0.39 is 10.0 Å². The van der Waals surface area contributed by atoms with Gasteiger partial charge in [0.15, 0.2) is 5.84 Å². The molecule has 1 N–H and O–H groups in total. The number of carbonyl (C=O) groups excluding carboxylic acids is 1. The average Bonchev–Trinajstić information content (AvgIpc) is 2.87. The van der Waals surface area contributed by atoms with Crippen molar-refractivity contribution in [2.75, 3.05) is 37.9 Å². The second-order valence-corrected chi connectivity index (χ2v) is 7.80. The Morgan fingerprint density at radius 1 is 1.04 bits per heavy atom. The fourth-order valence-electron chi connectivity index (χ4n) is 2.70. The van der Waals surface area contributed by atoms with Crippen molar-refractivity contribution in [1.29, 1.82) is 0 Å². The van der Waals surface area contributed by atoms with Gasteiger partial charge < -0.3 is 15.1 Å². The van der Waals surface area contributed by atoms with Crippen LogP contribution in [0.4, 0.5) is 11.4 Å². The number of fused-ring (bicyclic) bond motifs is 1. The zero-order valence-corrected chi connectivity index (χ0v) is 15.6. The molecule has 1 heterocycles. The molecule has 1 amide bonds. The van der Waals surface area contributed by atoms with Gasteiger partial charge in [-0.05, 0) is 36.4 Å². The number of anilines is 2.